The molecule has 1 atom stereocenters. The topological polar surface area (TPSA) is 84.5 Å². The van der Waals surface area contributed by atoms with Crippen molar-refractivity contribution in [3.63, 3.8) is 0 Å². The Kier molecular flexibility index (Phi) is 6.09. The molecule has 1 aromatic heterocycles. The van der Waals surface area contributed by atoms with E-state index in [1.807, 2.05) is 0 Å². The van der Waals surface area contributed by atoms with Gasteiger partial charge in [-0.1, -0.05) is 23.2 Å². The first-order valence-corrected chi connectivity index (χ1v) is 10.9. The number of thiophene rings is 1. The summed E-state index contributed by atoms with van der Waals surface area (Å²) in [5.41, 5.74) is 0.752. The Balaban J connectivity index is 1.63. The number of sulfonamides is 1. The molecular weight excluding hydrogens is 419 g/mol. The first kappa shape index (κ1) is 19.4. The third-order valence-electron chi connectivity index (χ3n) is 3.83. The summed E-state index contributed by atoms with van der Waals surface area (Å²) in [6.45, 7) is 1.19. The van der Waals surface area contributed by atoms with Gasteiger partial charge in [0.25, 0.3) is 15.9 Å². The van der Waals surface area contributed by atoms with E-state index in [4.69, 9.17) is 27.9 Å². The van der Waals surface area contributed by atoms with Gasteiger partial charge in [-0.3, -0.25) is 9.52 Å². The third kappa shape index (κ3) is 4.69. The summed E-state index contributed by atoms with van der Waals surface area (Å²) >= 11 is 12.7. The zero-order valence-electron chi connectivity index (χ0n) is 13.5. The summed E-state index contributed by atoms with van der Waals surface area (Å²) < 4.78 is 33.0. The smallest absolute Gasteiger partial charge is 0.264 e. The van der Waals surface area contributed by atoms with Crippen LogP contribution in [0.2, 0.25) is 8.67 Å². The van der Waals surface area contributed by atoms with Crippen molar-refractivity contribution in [2.24, 2.45) is 0 Å². The van der Waals surface area contributed by atoms with Crippen LogP contribution in [0, 0.1) is 0 Å². The van der Waals surface area contributed by atoms with Crippen LogP contribution in [0.3, 0.4) is 0 Å². The monoisotopic (exact) mass is 434 g/mol. The summed E-state index contributed by atoms with van der Waals surface area (Å²) in [6.07, 6.45) is 2.01. The van der Waals surface area contributed by atoms with Crippen molar-refractivity contribution in [1.29, 1.82) is 0 Å². The van der Waals surface area contributed by atoms with Crippen molar-refractivity contribution in [2.45, 2.75) is 23.8 Å². The maximum absolute atomic E-state index is 12.4. The van der Waals surface area contributed by atoms with E-state index >= 15 is 0 Å². The average molecular weight is 435 g/mol. The summed E-state index contributed by atoms with van der Waals surface area (Å²) in [6, 6.07) is 7.42. The molecule has 1 fully saturated rings. The number of rotatable bonds is 6. The van der Waals surface area contributed by atoms with E-state index in [0.29, 0.717) is 17.8 Å². The van der Waals surface area contributed by atoms with Crippen LogP contribution in [0.25, 0.3) is 0 Å². The molecule has 2 N–H and O–H groups in total. The van der Waals surface area contributed by atoms with Crippen LogP contribution in [-0.2, 0) is 14.8 Å². The average Bonchev–Trinajstić information content (AvgIpc) is 3.22. The lowest BCUT2D eigenvalue weighted by molar-refractivity contribution is 0.0858. The van der Waals surface area contributed by atoms with E-state index in [1.165, 1.54) is 18.2 Å². The number of amides is 1. The maximum atomic E-state index is 12.4. The lowest BCUT2D eigenvalue weighted by atomic mass is 10.2. The van der Waals surface area contributed by atoms with Crippen molar-refractivity contribution in [3.05, 3.63) is 44.6 Å². The Labute approximate surface area is 165 Å². The van der Waals surface area contributed by atoms with Crippen molar-refractivity contribution in [3.8, 4) is 0 Å². The molecule has 3 rings (SSSR count). The molecule has 0 aliphatic carbocycles. The Morgan fingerprint density at radius 2 is 2.00 bits per heavy atom. The number of anilines is 1. The molecule has 1 amide bonds. The van der Waals surface area contributed by atoms with Gasteiger partial charge in [0.05, 0.1) is 10.4 Å². The van der Waals surface area contributed by atoms with Gasteiger partial charge in [-0.15, -0.1) is 11.3 Å². The highest BCUT2D eigenvalue weighted by Gasteiger charge is 2.21. The minimum atomic E-state index is -3.85. The maximum Gasteiger partial charge on any atom is 0.264 e. The molecule has 1 saturated heterocycles. The molecule has 0 spiro atoms. The van der Waals surface area contributed by atoms with Gasteiger partial charge < -0.3 is 10.1 Å². The molecule has 0 saturated carbocycles. The van der Waals surface area contributed by atoms with Crippen LogP contribution in [0.15, 0.2) is 35.2 Å². The predicted octanol–water partition coefficient (Wildman–Crippen LogP) is 3.76. The van der Waals surface area contributed by atoms with Gasteiger partial charge in [0.15, 0.2) is 0 Å². The minimum absolute atomic E-state index is 0.0622. The van der Waals surface area contributed by atoms with E-state index < -0.39 is 10.0 Å². The Hall–Kier alpha value is -1.32. The fraction of sp³-hybridized carbons (Fsp3) is 0.312. The second-order valence-corrected chi connectivity index (χ2v) is 9.65. The number of carbonyl (C=O) groups is 1. The van der Waals surface area contributed by atoms with Gasteiger partial charge in [0.1, 0.15) is 9.23 Å². The highest BCUT2D eigenvalue weighted by Crippen LogP contribution is 2.35. The number of nitrogens with one attached hydrogen (secondary N) is 2. The quantitative estimate of drug-likeness (QED) is 0.724. The molecule has 1 aliphatic heterocycles. The second kappa shape index (κ2) is 8.14. The Bertz CT molecular complexity index is 891. The van der Waals surface area contributed by atoms with Crippen molar-refractivity contribution in [1.82, 2.24) is 5.32 Å². The van der Waals surface area contributed by atoms with Gasteiger partial charge in [-0.05, 0) is 43.2 Å². The first-order chi connectivity index (χ1) is 12.3. The zero-order valence-corrected chi connectivity index (χ0v) is 16.6. The van der Waals surface area contributed by atoms with Gasteiger partial charge >= 0.3 is 0 Å². The van der Waals surface area contributed by atoms with E-state index in [-0.39, 0.29) is 25.6 Å². The van der Waals surface area contributed by atoms with Crippen LogP contribution < -0.4 is 10.0 Å². The number of halogens is 2. The van der Waals surface area contributed by atoms with Crippen LogP contribution in [-0.4, -0.2) is 33.6 Å². The molecule has 0 radical (unpaired) electrons. The van der Waals surface area contributed by atoms with Crippen LogP contribution >= 0.6 is 34.5 Å². The molecule has 0 bridgehead atoms. The van der Waals surface area contributed by atoms with Gasteiger partial charge in [-0.2, -0.15) is 0 Å². The number of ether oxygens (including phenoxy) is 1. The predicted molar refractivity (Wildman–Crippen MR) is 103 cm³/mol. The SMILES string of the molecule is O=C(NC[C@H]1CCCO1)c1ccc(NS(=O)(=O)c2cc(Cl)sc2Cl)cc1. The van der Waals surface area contributed by atoms with E-state index in [1.54, 1.807) is 12.1 Å². The van der Waals surface area contributed by atoms with Crippen molar-refractivity contribution in [2.75, 3.05) is 17.9 Å². The normalized spacial score (nSPS) is 17.2. The third-order valence-corrected chi connectivity index (χ3v) is 6.96. The molecule has 2 heterocycles. The molecule has 6 nitrogen and oxygen atoms in total. The van der Waals surface area contributed by atoms with Crippen LogP contribution in [0.5, 0.6) is 0 Å². The molecule has 1 aromatic carbocycles. The van der Waals surface area contributed by atoms with E-state index in [2.05, 4.69) is 10.0 Å². The van der Waals surface area contributed by atoms with E-state index in [0.717, 1.165) is 30.8 Å². The Morgan fingerprint density at radius 1 is 1.27 bits per heavy atom. The summed E-state index contributed by atoms with van der Waals surface area (Å²) in [7, 11) is -3.85. The molecule has 1 aliphatic rings. The second-order valence-electron chi connectivity index (χ2n) is 5.72. The van der Waals surface area contributed by atoms with Crippen LogP contribution in [0.1, 0.15) is 23.2 Å². The lowest BCUT2D eigenvalue weighted by Gasteiger charge is -2.11. The molecule has 10 heteroatoms. The van der Waals surface area contributed by atoms with Crippen molar-refractivity contribution >= 4 is 56.2 Å². The lowest BCUT2D eigenvalue weighted by Crippen LogP contribution is -2.31. The molecule has 0 unspecified atom stereocenters. The first-order valence-electron chi connectivity index (χ1n) is 7.83. The highest BCUT2D eigenvalue weighted by atomic mass is 35.5. The number of hydrogen-bond donors (Lipinski definition) is 2. The fourth-order valence-electron chi connectivity index (χ4n) is 2.52. The van der Waals surface area contributed by atoms with Gasteiger partial charge in [-0.25, -0.2) is 8.42 Å². The zero-order chi connectivity index (χ0) is 18.7. The molecule has 26 heavy (non-hydrogen) atoms. The van der Waals surface area contributed by atoms with E-state index in [9.17, 15) is 13.2 Å². The molecule has 140 valence electrons. The van der Waals surface area contributed by atoms with Gasteiger partial charge in [0.2, 0.25) is 0 Å². The van der Waals surface area contributed by atoms with Crippen molar-refractivity contribution < 1.29 is 17.9 Å². The number of carbonyl (C=O) groups excluding carboxylic acids is 1. The fourth-order valence-corrected chi connectivity index (χ4v) is 5.73. The standard InChI is InChI=1S/C16H16Cl2N2O4S2/c17-14-8-13(15(18)25-14)26(22,23)20-11-5-3-10(4-6-11)16(21)19-9-12-2-1-7-24-12/h3-6,8,12,20H,1-2,7,9H2,(H,19,21)/t12-/m1/s1. The highest BCUT2D eigenvalue weighted by molar-refractivity contribution is 7.93. The number of benzene rings is 1. The number of hydrogen-bond acceptors (Lipinski definition) is 5. The molecule has 2 aromatic rings. The van der Waals surface area contributed by atoms with Gasteiger partial charge in [0, 0.05) is 24.4 Å². The minimum Gasteiger partial charge on any atom is -0.376 e. The summed E-state index contributed by atoms with van der Waals surface area (Å²) in [5, 5.41) is 2.81. The summed E-state index contributed by atoms with van der Waals surface area (Å²) in [4.78, 5) is 12.1. The van der Waals surface area contributed by atoms with Crippen LogP contribution in [0.4, 0.5) is 5.69 Å². The molecular formula is C16H16Cl2N2O4S2. The summed E-state index contributed by atoms with van der Waals surface area (Å²) in [5.74, 6) is -0.234. The largest absolute Gasteiger partial charge is 0.376 e. The Morgan fingerprint density at radius 3 is 2.58 bits per heavy atom.